The van der Waals surface area contributed by atoms with Gasteiger partial charge in [0, 0.05) is 24.0 Å². The predicted octanol–water partition coefficient (Wildman–Crippen LogP) is 2.81. The normalized spacial score (nSPS) is 11.5. The van der Waals surface area contributed by atoms with Gasteiger partial charge in [-0.2, -0.15) is 0 Å². The molecule has 1 amide bonds. The second-order valence-corrected chi connectivity index (χ2v) is 6.15. The molecule has 0 saturated heterocycles. The van der Waals surface area contributed by atoms with Gasteiger partial charge in [0.1, 0.15) is 5.69 Å². The molecule has 0 spiro atoms. The van der Waals surface area contributed by atoms with Gasteiger partial charge in [-0.1, -0.05) is 30.3 Å². The summed E-state index contributed by atoms with van der Waals surface area (Å²) < 4.78 is 6.20. The Balaban J connectivity index is 1.89. The van der Waals surface area contributed by atoms with Gasteiger partial charge in [0.25, 0.3) is 11.6 Å². The van der Waals surface area contributed by atoms with Crippen molar-refractivity contribution in [1.82, 2.24) is 14.9 Å². The lowest BCUT2D eigenvalue weighted by Crippen LogP contribution is -2.30. The molecule has 3 aromatic rings. The van der Waals surface area contributed by atoms with Crippen LogP contribution in [0.3, 0.4) is 0 Å². The van der Waals surface area contributed by atoms with E-state index in [9.17, 15) is 19.7 Å². The number of nitrogens with zero attached hydrogens (tertiary/aromatic N) is 3. The lowest BCUT2D eigenvalue weighted by atomic mass is 10.0. The number of nitro groups is 1. The molecule has 2 aromatic carbocycles. The van der Waals surface area contributed by atoms with Gasteiger partial charge in [-0.05, 0) is 17.7 Å². The van der Waals surface area contributed by atoms with E-state index in [0.717, 1.165) is 5.56 Å². The molecule has 1 heterocycles. The molecule has 148 valence electrons. The summed E-state index contributed by atoms with van der Waals surface area (Å²) >= 11 is 0. The number of aromatic nitrogens is 2. The Morgan fingerprint density at radius 2 is 2.00 bits per heavy atom. The molecule has 29 heavy (non-hydrogen) atoms. The highest BCUT2D eigenvalue weighted by Crippen LogP contribution is 2.25. The summed E-state index contributed by atoms with van der Waals surface area (Å²) in [6.45, 7) is 0. The van der Waals surface area contributed by atoms with Crippen molar-refractivity contribution in [3.8, 4) is 5.69 Å². The van der Waals surface area contributed by atoms with E-state index in [1.807, 2.05) is 6.07 Å². The first-order chi connectivity index (χ1) is 14.0. The zero-order valence-corrected chi connectivity index (χ0v) is 15.5. The van der Waals surface area contributed by atoms with E-state index < -0.39 is 22.8 Å². The number of methoxy groups -OCH3 is 1. The van der Waals surface area contributed by atoms with Gasteiger partial charge in [-0.25, -0.2) is 4.98 Å². The van der Waals surface area contributed by atoms with Crippen LogP contribution >= 0.6 is 0 Å². The monoisotopic (exact) mass is 394 g/mol. The summed E-state index contributed by atoms with van der Waals surface area (Å²) in [5, 5.41) is 14.3. The van der Waals surface area contributed by atoms with Crippen molar-refractivity contribution in [2.45, 2.75) is 12.5 Å². The van der Waals surface area contributed by atoms with Crippen LogP contribution in [0.1, 0.15) is 28.4 Å². The summed E-state index contributed by atoms with van der Waals surface area (Å²) in [5.74, 6) is -1.02. The zero-order valence-electron chi connectivity index (χ0n) is 15.5. The van der Waals surface area contributed by atoms with Crippen molar-refractivity contribution in [2.24, 2.45) is 0 Å². The smallest absolute Gasteiger partial charge is 0.307 e. The average molecular weight is 394 g/mol. The van der Waals surface area contributed by atoms with Crippen molar-refractivity contribution >= 4 is 17.6 Å². The number of carbonyl (C=O) groups excluding carboxylic acids is 2. The second kappa shape index (κ2) is 8.79. The summed E-state index contributed by atoms with van der Waals surface area (Å²) in [4.78, 5) is 39.3. The minimum Gasteiger partial charge on any atom is -0.469 e. The van der Waals surface area contributed by atoms with Gasteiger partial charge in [-0.15, -0.1) is 0 Å². The number of hydrogen-bond donors (Lipinski definition) is 1. The lowest BCUT2D eigenvalue weighted by molar-refractivity contribution is -0.384. The Labute approximate surface area is 166 Å². The predicted molar refractivity (Wildman–Crippen MR) is 104 cm³/mol. The third-order valence-corrected chi connectivity index (χ3v) is 4.32. The highest BCUT2D eigenvalue weighted by Gasteiger charge is 2.22. The molecule has 0 aliphatic rings. The second-order valence-electron chi connectivity index (χ2n) is 6.15. The molecule has 1 atom stereocenters. The molecule has 0 aliphatic heterocycles. The Morgan fingerprint density at radius 3 is 2.62 bits per heavy atom. The van der Waals surface area contributed by atoms with Crippen molar-refractivity contribution in [3.63, 3.8) is 0 Å². The molecular formula is C20H18N4O5. The fourth-order valence-electron chi connectivity index (χ4n) is 2.86. The van der Waals surface area contributed by atoms with Gasteiger partial charge in [0.2, 0.25) is 0 Å². The van der Waals surface area contributed by atoms with E-state index in [4.69, 9.17) is 4.74 Å². The first kappa shape index (κ1) is 19.7. The van der Waals surface area contributed by atoms with Gasteiger partial charge in [-0.3, -0.25) is 19.7 Å². The van der Waals surface area contributed by atoms with E-state index >= 15 is 0 Å². The molecule has 1 N–H and O–H groups in total. The van der Waals surface area contributed by atoms with E-state index in [-0.39, 0.29) is 17.7 Å². The molecular weight excluding hydrogens is 376 g/mol. The van der Waals surface area contributed by atoms with E-state index in [2.05, 4.69) is 10.3 Å². The Morgan fingerprint density at radius 1 is 1.24 bits per heavy atom. The van der Waals surface area contributed by atoms with Crippen LogP contribution in [0.5, 0.6) is 0 Å². The summed E-state index contributed by atoms with van der Waals surface area (Å²) in [5.41, 5.74) is 0.875. The number of esters is 1. The summed E-state index contributed by atoms with van der Waals surface area (Å²) in [6.07, 6.45) is 4.44. The van der Waals surface area contributed by atoms with Crippen molar-refractivity contribution in [1.29, 1.82) is 0 Å². The number of hydrogen-bond acceptors (Lipinski definition) is 6. The molecule has 9 nitrogen and oxygen atoms in total. The topological polar surface area (TPSA) is 116 Å². The maximum absolute atomic E-state index is 12.8. The SMILES string of the molecule is COC(=O)CC(NC(=O)c1ccc(-n2ccnc2)c([N+](=O)[O-])c1)c1ccccc1. The Kier molecular flexibility index (Phi) is 5.98. The standard InChI is InChI=1S/C20H18N4O5/c1-29-19(25)12-16(14-5-3-2-4-6-14)22-20(26)15-7-8-17(18(11-15)24(27)28)23-10-9-21-13-23/h2-11,13,16H,12H2,1H3,(H,22,26). The number of ether oxygens (including phenoxy) is 1. The van der Waals surface area contributed by atoms with Gasteiger partial charge >= 0.3 is 5.97 Å². The molecule has 0 bridgehead atoms. The number of amides is 1. The van der Waals surface area contributed by atoms with Crippen LogP contribution in [-0.4, -0.2) is 33.5 Å². The summed E-state index contributed by atoms with van der Waals surface area (Å²) in [6, 6.07) is 12.5. The minimum atomic E-state index is -0.636. The minimum absolute atomic E-state index is 0.0680. The highest BCUT2D eigenvalue weighted by atomic mass is 16.6. The van der Waals surface area contributed by atoms with Crippen molar-refractivity contribution in [2.75, 3.05) is 7.11 Å². The quantitative estimate of drug-likeness (QED) is 0.374. The number of nitro benzene ring substituents is 1. The number of benzene rings is 2. The number of carbonyl (C=O) groups is 2. The van der Waals surface area contributed by atoms with Crippen molar-refractivity contribution < 1.29 is 19.2 Å². The van der Waals surface area contributed by atoms with E-state index in [0.29, 0.717) is 5.69 Å². The van der Waals surface area contributed by atoms with Crippen LogP contribution in [0.25, 0.3) is 5.69 Å². The Hall–Kier alpha value is -4.01. The summed E-state index contributed by atoms with van der Waals surface area (Å²) in [7, 11) is 1.27. The molecule has 0 aliphatic carbocycles. The fraction of sp³-hybridized carbons (Fsp3) is 0.150. The zero-order chi connectivity index (χ0) is 20.8. The third-order valence-electron chi connectivity index (χ3n) is 4.32. The van der Waals surface area contributed by atoms with Gasteiger partial charge in [0.05, 0.1) is 30.8 Å². The first-order valence-electron chi connectivity index (χ1n) is 8.69. The van der Waals surface area contributed by atoms with Crippen LogP contribution in [-0.2, 0) is 9.53 Å². The fourth-order valence-corrected chi connectivity index (χ4v) is 2.86. The molecule has 0 saturated carbocycles. The maximum Gasteiger partial charge on any atom is 0.307 e. The molecule has 0 radical (unpaired) electrons. The first-order valence-corrected chi connectivity index (χ1v) is 8.69. The van der Waals surface area contributed by atoms with Crippen LogP contribution in [0.4, 0.5) is 5.69 Å². The Bertz CT molecular complexity index is 1020. The molecule has 3 rings (SSSR count). The lowest BCUT2D eigenvalue weighted by Gasteiger charge is -2.18. The molecule has 1 unspecified atom stereocenters. The van der Waals surface area contributed by atoms with Crippen LogP contribution in [0.15, 0.2) is 67.3 Å². The third kappa shape index (κ3) is 4.64. The number of nitrogens with one attached hydrogen (secondary N) is 1. The average Bonchev–Trinajstić information content (AvgIpc) is 3.28. The van der Waals surface area contributed by atoms with Gasteiger partial charge < -0.3 is 14.6 Å². The van der Waals surface area contributed by atoms with Crippen LogP contribution in [0.2, 0.25) is 0 Å². The molecule has 0 fully saturated rings. The largest absolute Gasteiger partial charge is 0.469 e. The number of imidazole rings is 1. The highest BCUT2D eigenvalue weighted by molar-refractivity contribution is 5.95. The molecule has 9 heteroatoms. The van der Waals surface area contributed by atoms with E-state index in [1.54, 1.807) is 30.5 Å². The van der Waals surface area contributed by atoms with Crippen LogP contribution in [0, 0.1) is 10.1 Å². The van der Waals surface area contributed by atoms with Crippen molar-refractivity contribution in [3.05, 3.63) is 88.5 Å². The maximum atomic E-state index is 12.8. The van der Waals surface area contributed by atoms with Crippen LogP contribution < -0.4 is 5.32 Å². The van der Waals surface area contributed by atoms with Gasteiger partial charge in [0.15, 0.2) is 0 Å². The molecule has 1 aromatic heterocycles. The van der Waals surface area contributed by atoms with E-state index in [1.165, 1.54) is 42.4 Å². The number of rotatable bonds is 7.